The molecule has 0 bridgehead atoms. The minimum Gasteiger partial charge on any atom is -0.323 e. The number of rotatable bonds is 3. The van der Waals surface area contributed by atoms with Gasteiger partial charge >= 0.3 is 0 Å². The van der Waals surface area contributed by atoms with Gasteiger partial charge in [-0.2, -0.15) is 5.10 Å². The molecule has 1 amide bonds. The van der Waals surface area contributed by atoms with Crippen LogP contribution in [0.3, 0.4) is 0 Å². The van der Waals surface area contributed by atoms with Gasteiger partial charge in [-0.1, -0.05) is 44.5 Å². The summed E-state index contributed by atoms with van der Waals surface area (Å²) in [5.74, 6) is -0.0118. The Morgan fingerprint density at radius 1 is 1.29 bits per heavy atom. The minimum absolute atomic E-state index is 0.0118. The number of amides is 1. The summed E-state index contributed by atoms with van der Waals surface area (Å²) in [5, 5.41) is 10.8. The molecule has 0 atom stereocenters. The summed E-state index contributed by atoms with van der Waals surface area (Å²) in [4.78, 5) is 12.1. The lowest BCUT2D eigenvalue weighted by Crippen LogP contribution is -2.20. The van der Waals surface area contributed by atoms with E-state index in [-0.39, 0.29) is 11.3 Å². The number of halogens is 1. The lowest BCUT2D eigenvalue weighted by molar-refractivity contribution is -0.117. The number of aromatic nitrogens is 2. The molecule has 0 unspecified atom stereocenters. The van der Waals surface area contributed by atoms with E-state index in [2.05, 4.69) is 15.5 Å². The number of hydrogen-bond acceptors (Lipinski definition) is 2. The second-order valence-electron chi connectivity index (χ2n) is 6.36. The number of aromatic amines is 1. The van der Waals surface area contributed by atoms with E-state index < -0.39 is 0 Å². The Bertz CT molecular complexity index is 639. The summed E-state index contributed by atoms with van der Waals surface area (Å²) in [6.07, 6.45) is 0.456. The molecule has 1 aromatic carbocycles. The zero-order valence-electron chi connectivity index (χ0n) is 12.7. The fourth-order valence-corrected chi connectivity index (χ4v) is 2.19. The molecule has 0 aliphatic rings. The molecule has 112 valence electrons. The highest BCUT2D eigenvalue weighted by atomic mass is 35.5. The molecule has 2 N–H and O–H groups in total. The molecule has 2 rings (SSSR count). The Hall–Kier alpha value is -1.81. The molecule has 1 aromatic heterocycles. The molecular formula is C16H20ClN3O. The zero-order chi connectivity index (χ0) is 15.6. The molecule has 0 fully saturated rings. The van der Waals surface area contributed by atoms with E-state index >= 15 is 0 Å². The van der Waals surface area contributed by atoms with Gasteiger partial charge in [0.2, 0.25) is 5.91 Å². The monoisotopic (exact) mass is 305 g/mol. The maximum atomic E-state index is 12.1. The summed E-state index contributed by atoms with van der Waals surface area (Å²) >= 11 is 5.90. The van der Waals surface area contributed by atoms with E-state index in [4.69, 9.17) is 11.6 Å². The van der Waals surface area contributed by atoms with Gasteiger partial charge in [-0.15, -0.1) is 0 Å². The predicted octanol–water partition coefficient (Wildman–Crippen LogP) is 4.41. The summed E-state index contributed by atoms with van der Waals surface area (Å²) in [5.41, 5.74) is 3.15. The summed E-state index contributed by atoms with van der Waals surface area (Å²) < 4.78 is 0. The number of nitrogens with zero attached hydrogens (tertiary/aromatic N) is 1. The quantitative estimate of drug-likeness (QED) is 0.882. The van der Waals surface area contributed by atoms with Gasteiger partial charge in [0.15, 0.2) is 0 Å². The van der Waals surface area contributed by atoms with Crippen LogP contribution in [-0.2, 0) is 4.79 Å². The number of hydrogen-bond donors (Lipinski definition) is 2. The Kier molecular flexibility index (Phi) is 4.37. The number of H-pyrrole nitrogens is 1. The third-order valence-corrected chi connectivity index (χ3v) is 3.27. The minimum atomic E-state index is -0.0534. The van der Waals surface area contributed by atoms with Crippen molar-refractivity contribution in [3.63, 3.8) is 0 Å². The molecule has 21 heavy (non-hydrogen) atoms. The van der Waals surface area contributed by atoms with Crippen molar-refractivity contribution in [1.82, 2.24) is 10.2 Å². The molecule has 0 radical (unpaired) electrons. The van der Waals surface area contributed by atoms with Gasteiger partial charge in [0.25, 0.3) is 0 Å². The highest BCUT2D eigenvalue weighted by Crippen LogP contribution is 2.30. The third kappa shape index (κ3) is 4.08. The second-order valence-corrected chi connectivity index (χ2v) is 6.80. The van der Waals surface area contributed by atoms with Crippen molar-refractivity contribution >= 4 is 23.2 Å². The van der Waals surface area contributed by atoms with E-state index in [1.165, 1.54) is 0 Å². The largest absolute Gasteiger partial charge is 0.323 e. The van der Waals surface area contributed by atoms with Crippen LogP contribution in [0.4, 0.5) is 5.69 Å². The van der Waals surface area contributed by atoms with Crippen LogP contribution in [0.2, 0.25) is 5.02 Å². The summed E-state index contributed by atoms with van der Waals surface area (Å²) in [7, 11) is 0. The number of aryl methyl sites for hydroxylation is 1. The van der Waals surface area contributed by atoms with Gasteiger partial charge in [-0.3, -0.25) is 9.89 Å². The first-order valence-corrected chi connectivity index (χ1v) is 7.25. The number of carbonyl (C=O) groups is 1. The van der Waals surface area contributed by atoms with Gasteiger partial charge in [-0.25, -0.2) is 0 Å². The van der Waals surface area contributed by atoms with Crippen molar-refractivity contribution in [2.45, 2.75) is 34.1 Å². The molecule has 4 nitrogen and oxygen atoms in total. The van der Waals surface area contributed by atoms with Gasteiger partial charge in [0.05, 0.1) is 11.4 Å². The smallest absolute Gasteiger partial charge is 0.225 e. The highest BCUT2D eigenvalue weighted by molar-refractivity contribution is 6.30. The van der Waals surface area contributed by atoms with Crippen LogP contribution in [0, 0.1) is 12.3 Å². The lowest BCUT2D eigenvalue weighted by Gasteiger charge is -2.17. The molecular weight excluding hydrogens is 286 g/mol. The average Bonchev–Trinajstić information content (AvgIpc) is 2.70. The van der Waals surface area contributed by atoms with Crippen LogP contribution >= 0.6 is 11.6 Å². The first-order chi connectivity index (χ1) is 9.76. The molecule has 2 aromatic rings. The number of anilines is 1. The lowest BCUT2D eigenvalue weighted by atomic mass is 9.92. The van der Waals surface area contributed by atoms with Gasteiger partial charge < -0.3 is 5.32 Å². The number of carbonyl (C=O) groups excluding carboxylic acids is 1. The Labute approximate surface area is 129 Å². The van der Waals surface area contributed by atoms with Crippen molar-refractivity contribution in [2.24, 2.45) is 5.41 Å². The first kappa shape index (κ1) is 15.6. The van der Waals surface area contributed by atoms with E-state index in [0.717, 1.165) is 22.6 Å². The molecule has 1 heterocycles. The Morgan fingerprint density at radius 3 is 2.48 bits per heavy atom. The van der Waals surface area contributed by atoms with Gasteiger partial charge in [0.1, 0.15) is 5.69 Å². The fourth-order valence-electron chi connectivity index (χ4n) is 2.06. The van der Waals surface area contributed by atoms with Crippen molar-refractivity contribution in [3.8, 4) is 11.3 Å². The SMILES string of the molecule is Cc1[nH]nc(-c2ccc(Cl)cc2)c1NC(=O)CC(C)(C)C. The molecule has 0 aliphatic carbocycles. The highest BCUT2D eigenvalue weighted by Gasteiger charge is 2.19. The van der Waals surface area contributed by atoms with Crippen LogP contribution in [0.15, 0.2) is 24.3 Å². The van der Waals surface area contributed by atoms with Crippen LogP contribution in [0.25, 0.3) is 11.3 Å². The maximum absolute atomic E-state index is 12.1. The van der Waals surface area contributed by atoms with Crippen LogP contribution in [-0.4, -0.2) is 16.1 Å². The molecule has 0 aliphatic heterocycles. The Morgan fingerprint density at radius 2 is 1.90 bits per heavy atom. The molecule has 5 heteroatoms. The first-order valence-electron chi connectivity index (χ1n) is 6.87. The molecule has 0 saturated carbocycles. The fraction of sp³-hybridized carbons (Fsp3) is 0.375. The summed E-state index contributed by atoms with van der Waals surface area (Å²) in [6, 6.07) is 7.39. The van der Waals surface area contributed by atoms with E-state index in [1.54, 1.807) is 0 Å². The normalized spacial score (nSPS) is 11.5. The third-order valence-electron chi connectivity index (χ3n) is 3.02. The Balaban J connectivity index is 2.26. The van der Waals surface area contributed by atoms with Crippen molar-refractivity contribution < 1.29 is 4.79 Å². The van der Waals surface area contributed by atoms with E-state index in [1.807, 2.05) is 52.0 Å². The number of nitrogens with one attached hydrogen (secondary N) is 2. The van der Waals surface area contributed by atoms with Crippen molar-refractivity contribution in [3.05, 3.63) is 35.0 Å². The molecule has 0 spiro atoms. The van der Waals surface area contributed by atoms with Crippen molar-refractivity contribution in [2.75, 3.05) is 5.32 Å². The van der Waals surface area contributed by atoms with E-state index in [9.17, 15) is 4.79 Å². The van der Waals surface area contributed by atoms with Gasteiger partial charge in [-0.05, 0) is 24.5 Å². The van der Waals surface area contributed by atoms with Crippen molar-refractivity contribution in [1.29, 1.82) is 0 Å². The zero-order valence-corrected chi connectivity index (χ0v) is 13.5. The van der Waals surface area contributed by atoms with Crippen LogP contribution in [0.1, 0.15) is 32.9 Å². The van der Waals surface area contributed by atoms with Gasteiger partial charge in [0, 0.05) is 17.0 Å². The predicted molar refractivity (Wildman–Crippen MR) is 86.5 cm³/mol. The van der Waals surface area contributed by atoms with E-state index in [0.29, 0.717) is 11.4 Å². The van der Waals surface area contributed by atoms with Crippen LogP contribution in [0.5, 0.6) is 0 Å². The summed E-state index contributed by atoms with van der Waals surface area (Å²) in [6.45, 7) is 8.00. The number of benzene rings is 1. The van der Waals surface area contributed by atoms with Crippen LogP contribution < -0.4 is 5.32 Å². The second kappa shape index (κ2) is 5.90. The standard InChI is InChI=1S/C16H20ClN3O/c1-10-14(18-13(21)9-16(2,3)4)15(20-19-10)11-5-7-12(17)8-6-11/h5-8H,9H2,1-4H3,(H,18,21)(H,19,20). The maximum Gasteiger partial charge on any atom is 0.225 e. The average molecular weight is 306 g/mol. The topological polar surface area (TPSA) is 57.8 Å². The molecule has 0 saturated heterocycles.